The molecule has 0 unspecified atom stereocenters. The number of fused-ring (bicyclic) bond motifs is 1. The van der Waals surface area contributed by atoms with Crippen LogP contribution >= 0.6 is 11.7 Å². The fourth-order valence-corrected chi connectivity index (χ4v) is 2.43. The highest BCUT2D eigenvalue weighted by atomic mass is 32.1. The molecule has 0 radical (unpaired) electrons. The second-order valence-electron chi connectivity index (χ2n) is 4.41. The zero-order valence-corrected chi connectivity index (χ0v) is 11.1. The van der Waals surface area contributed by atoms with E-state index >= 15 is 0 Å². The van der Waals surface area contributed by atoms with Crippen molar-refractivity contribution >= 4 is 28.4 Å². The fourth-order valence-electron chi connectivity index (χ4n) is 1.91. The van der Waals surface area contributed by atoms with Gasteiger partial charge in [0.25, 0.3) is 0 Å². The lowest BCUT2D eigenvalue weighted by molar-refractivity contribution is 1.13. The Morgan fingerprint density at radius 2 is 1.50 bits per heavy atom. The van der Waals surface area contributed by atoms with Gasteiger partial charge in [-0.3, -0.25) is 0 Å². The minimum atomic E-state index is 0.966. The molecule has 0 aliphatic heterocycles. The lowest BCUT2D eigenvalue weighted by Gasteiger charge is -2.12. The Labute approximate surface area is 110 Å². The van der Waals surface area contributed by atoms with E-state index in [1.807, 2.05) is 20.2 Å². The summed E-state index contributed by atoms with van der Waals surface area (Å²) in [5, 5.41) is 0. The fraction of sp³-hybridized carbons (Fsp3) is 0.143. The number of aromatic nitrogens is 2. The Morgan fingerprint density at radius 1 is 0.833 bits per heavy atom. The largest absolute Gasteiger partial charge is 0.378 e. The third kappa shape index (κ3) is 1.95. The molecular formula is C14H13N3S. The molecule has 90 valence electrons. The minimum absolute atomic E-state index is 0.966. The second kappa shape index (κ2) is 4.38. The summed E-state index contributed by atoms with van der Waals surface area (Å²) in [5.74, 6) is 0. The molecule has 2 aromatic carbocycles. The predicted octanol–water partition coefficient (Wildman–Crippen LogP) is 3.42. The predicted molar refractivity (Wildman–Crippen MR) is 77.2 cm³/mol. The molecule has 0 aliphatic carbocycles. The summed E-state index contributed by atoms with van der Waals surface area (Å²) in [7, 11) is 4.09. The quantitative estimate of drug-likeness (QED) is 0.702. The van der Waals surface area contributed by atoms with E-state index in [4.69, 9.17) is 0 Å². The van der Waals surface area contributed by atoms with Gasteiger partial charge in [0.05, 0.1) is 11.7 Å². The Kier molecular flexibility index (Phi) is 2.72. The Morgan fingerprint density at radius 3 is 2.22 bits per heavy atom. The minimum Gasteiger partial charge on any atom is -0.378 e. The third-order valence-electron chi connectivity index (χ3n) is 2.97. The summed E-state index contributed by atoms with van der Waals surface area (Å²) >= 11 is 1.26. The molecule has 4 heteroatoms. The van der Waals surface area contributed by atoms with Crippen LogP contribution in [0.15, 0.2) is 42.5 Å². The van der Waals surface area contributed by atoms with E-state index in [-0.39, 0.29) is 0 Å². The molecule has 1 aromatic heterocycles. The molecule has 3 rings (SSSR count). The molecule has 18 heavy (non-hydrogen) atoms. The van der Waals surface area contributed by atoms with Crippen molar-refractivity contribution in [3.8, 4) is 11.1 Å². The number of benzene rings is 2. The number of nitrogens with zero attached hydrogens (tertiary/aromatic N) is 3. The van der Waals surface area contributed by atoms with Crippen molar-refractivity contribution in [2.45, 2.75) is 0 Å². The molecular weight excluding hydrogens is 242 g/mol. The molecule has 0 saturated heterocycles. The Hall–Kier alpha value is -1.94. The Balaban J connectivity index is 2.02. The molecule has 3 aromatic rings. The summed E-state index contributed by atoms with van der Waals surface area (Å²) in [6.45, 7) is 0. The van der Waals surface area contributed by atoms with Gasteiger partial charge in [0.1, 0.15) is 11.0 Å². The summed E-state index contributed by atoms with van der Waals surface area (Å²) < 4.78 is 8.49. The molecule has 0 bridgehead atoms. The van der Waals surface area contributed by atoms with E-state index in [0.717, 1.165) is 11.0 Å². The van der Waals surface area contributed by atoms with Crippen molar-refractivity contribution in [3.05, 3.63) is 42.5 Å². The zero-order valence-electron chi connectivity index (χ0n) is 10.3. The average Bonchev–Trinajstić information content (AvgIpc) is 2.86. The SMILES string of the molecule is CN(C)c1ccc(-c2ccc3nsnc3c2)cc1. The first-order valence-electron chi connectivity index (χ1n) is 5.74. The maximum atomic E-state index is 4.27. The summed E-state index contributed by atoms with van der Waals surface area (Å²) in [6.07, 6.45) is 0. The normalized spacial score (nSPS) is 10.8. The van der Waals surface area contributed by atoms with Crippen molar-refractivity contribution in [2.24, 2.45) is 0 Å². The van der Waals surface area contributed by atoms with Crippen LogP contribution < -0.4 is 4.90 Å². The highest BCUT2D eigenvalue weighted by Gasteiger charge is 2.03. The van der Waals surface area contributed by atoms with E-state index < -0.39 is 0 Å². The first kappa shape index (κ1) is 11.2. The van der Waals surface area contributed by atoms with Crippen LogP contribution in [-0.2, 0) is 0 Å². The molecule has 1 heterocycles. The van der Waals surface area contributed by atoms with Crippen molar-refractivity contribution in [3.63, 3.8) is 0 Å². The van der Waals surface area contributed by atoms with Crippen molar-refractivity contribution in [1.82, 2.24) is 8.75 Å². The summed E-state index contributed by atoms with van der Waals surface area (Å²) in [6, 6.07) is 14.7. The number of hydrogen-bond acceptors (Lipinski definition) is 4. The van der Waals surface area contributed by atoms with E-state index in [0.29, 0.717) is 0 Å². The van der Waals surface area contributed by atoms with Gasteiger partial charge >= 0.3 is 0 Å². The van der Waals surface area contributed by atoms with Crippen LogP contribution in [0.2, 0.25) is 0 Å². The maximum absolute atomic E-state index is 4.27. The molecule has 0 aliphatic rings. The summed E-state index contributed by atoms with van der Waals surface area (Å²) in [4.78, 5) is 2.09. The van der Waals surface area contributed by atoms with Crippen molar-refractivity contribution in [1.29, 1.82) is 0 Å². The van der Waals surface area contributed by atoms with Gasteiger partial charge in [-0.05, 0) is 35.4 Å². The van der Waals surface area contributed by atoms with E-state index in [9.17, 15) is 0 Å². The molecule has 0 spiro atoms. The maximum Gasteiger partial charge on any atom is 0.105 e. The Bertz CT molecular complexity index is 671. The zero-order chi connectivity index (χ0) is 12.5. The van der Waals surface area contributed by atoms with Gasteiger partial charge in [-0.15, -0.1) is 0 Å². The lowest BCUT2D eigenvalue weighted by Crippen LogP contribution is -2.07. The number of anilines is 1. The van der Waals surface area contributed by atoms with Gasteiger partial charge in [-0.25, -0.2) is 0 Å². The molecule has 0 N–H and O–H groups in total. The monoisotopic (exact) mass is 255 g/mol. The molecule has 3 nitrogen and oxygen atoms in total. The van der Waals surface area contributed by atoms with Crippen molar-refractivity contribution in [2.75, 3.05) is 19.0 Å². The van der Waals surface area contributed by atoms with Crippen LogP contribution in [0.1, 0.15) is 0 Å². The van der Waals surface area contributed by atoms with Gasteiger partial charge < -0.3 is 4.90 Å². The number of hydrogen-bond donors (Lipinski definition) is 0. The van der Waals surface area contributed by atoms with Crippen molar-refractivity contribution < 1.29 is 0 Å². The molecule has 0 fully saturated rings. The van der Waals surface area contributed by atoms with E-state index in [2.05, 4.69) is 50.0 Å². The van der Waals surface area contributed by atoms with E-state index in [1.165, 1.54) is 28.5 Å². The van der Waals surface area contributed by atoms with Gasteiger partial charge in [-0.2, -0.15) is 8.75 Å². The third-order valence-corrected chi connectivity index (χ3v) is 3.53. The van der Waals surface area contributed by atoms with Crippen LogP contribution in [0.4, 0.5) is 5.69 Å². The lowest BCUT2D eigenvalue weighted by atomic mass is 10.0. The highest BCUT2D eigenvalue weighted by molar-refractivity contribution is 7.00. The van der Waals surface area contributed by atoms with Gasteiger partial charge in [-0.1, -0.05) is 18.2 Å². The van der Waals surface area contributed by atoms with Gasteiger partial charge in [0.15, 0.2) is 0 Å². The van der Waals surface area contributed by atoms with Crippen LogP contribution in [0.3, 0.4) is 0 Å². The van der Waals surface area contributed by atoms with Crippen LogP contribution in [0.5, 0.6) is 0 Å². The van der Waals surface area contributed by atoms with Gasteiger partial charge in [0.2, 0.25) is 0 Å². The molecule has 0 saturated carbocycles. The standard InChI is InChI=1S/C14H13N3S/c1-17(2)12-6-3-10(4-7-12)11-5-8-13-14(9-11)16-18-15-13/h3-9H,1-2H3. The van der Waals surface area contributed by atoms with Gasteiger partial charge in [0, 0.05) is 19.8 Å². The summed E-state index contributed by atoms with van der Waals surface area (Å²) in [5.41, 5.74) is 5.52. The molecule has 0 atom stereocenters. The second-order valence-corrected chi connectivity index (χ2v) is 4.94. The van der Waals surface area contributed by atoms with Crippen LogP contribution in [-0.4, -0.2) is 22.8 Å². The van der Waals surface area contributed by atoms with E-state index in [1.54, 1.807) is 0 Å². The highest BCUT2D eigenvalue weighted by Crippen LogP contribution is 2.25. The smallest absolute Gasteiger partial charge is 0.105 e. The average molecular weight is 255 g/mol. The van der Waals surface area contributed by atoms with Crippen LogP contribution in [0, 0.1) is 0 Å². The molecule has 0 amide bonds. The van der Waals surface area contributed by atoms with Crippen LogP contribution in [0.25, 0.3) is 22.2 Å². The number of rotatable bonds is 2. The first-order chi connectivity index (χ1) is 8.74. The first-order valence-corrected chi connectivity index (χ1v) is 6.47. The topological polar surface area (TPSA) is 29.0 Å².